The summed E-state index contributed by atoms with van der Waals surface area (Å²) in [6, 6.07) is 0. The molecule has 0 spiro atoms. The number of nitrogens with two attached hydrogens (primary N) is 1. The zero-order valence-corrected chi connectivity index (χ0v) is 14.6. The predicted molar refractivity (Wildman–Crippen MR) is 79.8 cm³/mol. The number of hydrogen-bond donors (Lipinski definition) is 2. The molecule has 0 bridgehead atoms. The lowest BCUT2D eigenvalue weighted by atomic mass is 10.1. The minimum Gasteiger partial charge on any atom is -1.00 e. The molecule has 118 valence electrons. The van der Waals surface area contributed by atoms with Gasteiger partial charge < -0.3 is 27.4 Å². The SMILES string of the molecule is CCCCCCCCCCCCCC[NH2+]CCO.[Br-]. The molecule has 3 heteroatoms. The van der Waals surface area contributed by atoms with Crippen molar-refractivity contribution >= 4 is 0 Å². The van der Waals surface area contributed by atoms with Gasteiger partial charge in [0.05, 0.1) is 19.7 Å². The van der Waals surface area contributed by atoms with Gasteiger partial charge in [-0.2, -0.15) is 0 Å². The van der Waals surface area contributed by atoms with Crippen LogP contribution in [0.15, 0.2) is 0 Å². The zero-order chi connectivity index (χ0) is 13.3. The molecule has 0 fully saturated rings. The topological polar surface area (TPSA) is 36.8 Å². The second-order valence-corrected chi connectivity index (χ2v) is 5.48. The Labute approximate surface area is 131 Å². The van der Waals surface area contributed by atoms with Crippen molar-refractivity contribution in [2.45, 2.75) is 84.0 Å². The van der Waals surface area contributed by atoms with E-state index in [-0.39, 0.29) is 17.0 Å². The largest absolute Gasteiger partial charge is 1.00 e. The Morgan fingerprint density at radius 1 is 0.632 bits per heavy atom. The number of rotatable bonds is 15. The Bertz CT molecular complexity index is 129. The van der Waals surface area contributed by atoms with E-state index in [0.717, 1.165) is 6.54 Å². The summed E-state index contributed by atoms with van der Waals surface area (Å²) in [5.41, 5.74) is 0. The average Bonchev–Trinajstić information content (AvgIpc) is 2.39. The second-order valence-electron chi connectivity index (χ2n) is 5.48. The van der Waals surface area contributed by atoms with Crippen molar-refractivity contribution in [2.24, 2.45) is 0 Å². The van der Waals surface area contributed by atoms with Crippen LogP contribution in [0.4, 0.5) is 0 Å². The van der Waals surface area contributed by atoms with E-state index in [4.69, 9.17) is 5.11 Å². The van der Waals surface area contributed by atoms with E-state index < -0.39 is 0 Å². The van der Waals surface area contributed by atoms with Gasteiger partial charge in [-0.05, 0) is 12.8 Å². The molecule has 0 saturated carbocycles. The van der Waals surface area contributed by atoms with Crippen molar-refractivity contribution in [1.82, 2.24) is 0 Å². The van der Waals surface area contributed by atoms with Crippen molar-refractivity contribution in [3.05, 3.63) is 0 Å². The fourth-order valence-corrected chi connectivity index (χ4v) is 2.37. The first kappa shape index (κ1) is 21.7. The van der Waals surface area contributed by atoms with Gasteiger partial charge in [0.2, 0.25) is 0 Å². The van der Waals surface area contributed by atoms with Gasteiger partial charge in [0.25, 0.3) is 0 Å². The smallest absolute Gasteiger partial charge is 0.0990 e. The van der Waals surface area contributed by atoms with Crippen molar-refractivity contribution in [2.75, 3.05) is 19.7 Å². The summed E-state index contributed by atoms with van der Waals surface area (Å²) in [7, 11) is 0. The molecule has 0 radical (unpaired) electrons. The Hall–Kier alpha value is 0.400. The van der Waals surface area contributed by atoms with Crippen molar-refractivity contribution in [3.63, 3.8) is 0 Å². The maximum Gasteiger partial charge on any atom is 0.0990 e. The molecule has 0 amide bonds. The predicted octanol–water partition coefficient (Wildman–Crippen LogP) is 0.247. The fraction of sp³-hybridized carbons (Fsp3) is 1.00. The number of aliphatic hydroxyl groups is 1. The highest BCUT2D eigenvalue weighted by Gasteiger charge is 1.94. The molecule has 0 aromatic rings. The third kappa shape index (κ3) is 20.9. The van der Waals surface area contributed by atoms with E-state index >= 15 is 0 Å². The van der Waals surface area contributed by atoms with Gasteiger partial charge in [-0.15, -0.1) is 0 Å². The number of hydrogen-bond acceptors (Lipinski definition) is 1. The van der Waals surface area contributed by atoms with Crippen LogP contribution in [-0.2, 0) is 0 Å². The normalized spacial score (nSPS) is 10.4. The monoisotopic (exact) mass is 337 g/mol. The van der Waals surface area contributed by atoms with Crippen molar-refractivity contribution in [3.8, 4) is 0 Å². The van der Waals surface area contributed by atoms with Crippen molar-refractivity contribution < 1.29 is 27.4 Å². The van der Waals surface area contributed by atoms with E-state index in [2.05, 4.69) is 12.2 Å². The molecule has 0 aromatic heterocycles. The fourth-order valence-electron chi connectivity index (χ4n) is 2.37. The maximum absolute atomic E-state index is 8.63. The molecule has 0 atom stereocenters. The van der Waals surface area contributed by atoms with E-state index in [0.29, 0.717) is 6.61 Å². The Morgan fingerprint density at radius 2 is 1.05 bits per heavy atom. The molecule has 2 nitrogen and oxygen atoms in total. The van der Waals surface area contributed by atoms with Crippen LogP contribution in [0.5, 0.6) is 0 Å². The third-order valence-corrected chi connectivity index (χ3v) is 3.60. The van der Waals surface area contributed by atoms with Gasteiger partial charge in [-0.1, -0.05) is 71.1 Å². The molecule has 19 heavy (non-hydrogen) atoms. The number of aliphatic hydroxyl groups excluding tert-OH is 1. The molecule has 0 aliphatic heterocycles. The second kappa shape index (κ2) is 20.7. The molecule has 0 aromatic carbocycles. The van der Waals surface area contributed by atoms with Gasteiger partial charge >= 0.3 is 0 Å². The highest BCUT2D eigenvalue weighted by atomic mass is 79.9. The van der Waals surface area contributed by atoms with Gasteiger partial charge in [0, 0.05) is 0 Å². The summed E-state index contributed by atoms with van der Waals surface area (Å²) in [6.07, 6.45) is 17.0. The van der Waals surface area contributed by atoms with Crippen LogP contribution in [0.25, 0.3) is 0 Å². The molecule has 0 rings (SSSR count). The summed E-state index contributed by atoms with van der Waals surface area (Å²) in [5.74, 6) is 0. The van der Waals surface area contributed by atoms with Gasteiger partial charge in [0.15, 0.2) is 0 Å². The van der Waals surface area contributed by atoms with E-state index in [1.165, 1.54) is 83.6 Å². The molecule has 0 heterocycles. The number of unbranched alkanes of at least 4 members (excludes halogenated alkanes) is 11. The minimum atomic E-state index is 0. The lowest BCUT2D eigenvalue weighted by Gasteiger charge is -2.02. The van der Waals surface area contributed by atoms with Crippen LogP contribution in [0.1, 0.15) is 84.0 Å². The average molecular weight is 338 g/mol. The van der Waals surface area contributed by atoms with Crippen LogP contribution in [0.3, 0.4) is 0 Å². The first-order chi connectivity index (χ1) is 8.91. The van der Waals surface area contributed by atoms with E-state index in [1.807, 2.05) is 0 Å². The molecule has 3 N–H and O–H groups in total. The van der Waals surface area contributed by atoms with Gasteiger partial charge in [-0.3, -0.25) is 0 Å². The highest BCUT2D eigenvalue weighted by molar-refractivity contribution is 4.48. The van der Waals surface area contributed by atoms with Crippen LogP contribution in [0.2, 0.25) is 0 Å². The zero-order valence-electron chi connectivity index (χ0n) is 13.0. The Morgan fingerprint density at radius 3 is 1.47 bits per heavy atom. The molecule has 0 saturated heterocycles. The molecular formula is C16H36BrNO. The van der Waals surface area contributed by atoms with Crippen LogP contribution in [0, 0.1) is 0 Å². The van der Waals surface area contributed by atoms with Crippen molar-refractivity contribution in [1.29, 1.82) is 0 Å². The highest BCUT2D eigenvalue weighted by Crippen LogP contribution is 2.11. The van der Waals surface area contributed by atoms with Gasteiger partial charge in [0.1, 0.15) is 0 Å². The summed E-state index contributed by atoms with van der Waals surface area (Å²) in [6.45, 7) is 4.66. The van der Waals surface area contributed by atoms with Crippen LogP contribution >= 0.6 is 0 Å². The Kier molecular flexibility index (Phi) is 23.6. The summed E-state index contributed by atoms with van der Waals surface area (Å²) >= 11 is 0. The van der Waals surface area contributed by atoms with Crippen LogP contribution in [-0.4, -0.2) is 24.8 Å². The standard InChI is InChI=1S/C16H35NO.BrH/c1-2-3-4-5-6-7-8-9-10-11-12-13-14-17-15-16-18;/h17-18H,2-16H2,1H3;1H. The van der Waals surface area contributed by atoms with E-state index in [1.54, 1.807) is 0 Å². The maximum atomic E-state index is 8.63. The summed E-state index contributed by atoms with van der Waals surface area (Å²) in [5, 5.41) is 10.8. The first-order valence-electron chi connectivity index (χ1n) is 8.34. The third-order valence-electron chi connectivity index (χ3n) is 3.60. The lowest BCUT2D eigenvalue weighted by molar-refractivity contribution is -0.656. The van der Waals surface area contributed by atoms with E-state index in [9.17, 15) is 0 Å². The molecular weight excluding hydrogens is 302 g/mol. The number of halogens is 1. The quantitative estimate of drug-likeness (QED) is 0.413. The van der Waals surface area contributed by atoms with Gasteiger partial charge in [-0.25, -0.2) is 0 Å². The molecule has 0 aliphatic carbocycles. The molecule has 0 aliphatic rings. The summed E-state index contributed by atoms with van der Waals surface area (Å²) in [4.78, 5) is 0. The minimum absolute atomic E-state index is 0. The molecule has 0 unspecified atom stereocenters. The van der Waals surface area contributed by atoms with Crippen LogP contribution < -0.4 is 22.3 Å². The number of quaternary nitrogens is 1. The summed E-state index contributed by atoms with van der Waals surface area (Å²) < 4.78 is 0. The lowest BCUT2D eigenvalue weighted by Crippen LogP contribution is -3.00. The first-order valence-corrected chi connectivity index (χ1v) is 8.34. The Balaban J connectivity index is 0.